The van der Waals surface area contributed by atoms with Crippen LogP contribution in [0.15, 0.2) is 0 Å². The lowest BCUT2D eigenvalue weighted by molar-refractivity contribution is 0.0353. The van der Waals surface area contributed by atoms with E-state index in [1.54, 1.807) is 0 Å². The highest BCUT2D eigenvalue weighted by Gasteiger charge is 2.29. The van der Waals surface area contributed by atoms with Crippen LogP contribution in [0, 0.1) is 5.92 Å². The molecule has 0 aliphatic carbocycles. The van der Waals surface area contributed by atoms with Gasteiger partial charge in [-0.15, -0.1) is 0 Å². The molecule has 0 radical (unpaired) electrons. The molecule has 2 heterocycles. The van der Waals surface area contributed by atoms with E-state index in [2.05, 4.69) is 23.8 Å². The van der Waals surface area contributed by atoms with Crippen molar-refractivity contribution in [2.75, 3.05) is 33.2 Å². The quantitative estimate of drug-likeness (QED) is 0.796. The number of aliphatic hydroxyl groups excluding tert-OH is 1. The SMILES string of the molecule is CC(CC1CC(O)CCN1C)N1CCC(CN)CC1. The smallest absolute Gasteiger partial charge is 0.0567 e. The topological polar surface area (TPSA) is 52.7 Å². The molecule has 2 fully saturated rings. The number of rotatable bonds is 4. The lowest BCUT2D eigenvalue weighted by Gasteiger charge is -2.41. The summed E-state index contributed by atoms with van der Waals surface area (Å²) in [7, 11) is 2.20. The molecule has 19 heavy (non-hydrogen) atoms. The van der Waals surface area contributed by atoms with Crippen LogP contribution in [-0.4, -0.2) is 66.3 Å². The molecule has 0 saturated carbocycles. The first-order valence-corrected chi connectivity index (χ1v) is 7.92. The summed E-state index contributed by atoms with van der Waals surface area (Å²) in [6.45, 7) is 6.62. The fraction of sp³-hybridized carbons (Fsp3) is 1.00. The van der Waals surface area contributed by atoms with Crippen LogP contribution in [0.2, 0.25) is 0 Å². The summed E-state index contributed by atoms with van der Waals surface area (Å²) in [6.07, 6.45) is 5.48. The van der Waals surface area contributed by atoms with Crippen LogP contribution in [-0.2, 0) is 0 Å². The van der Waals surface area contributed by atoms with Crippen LogP contribution < -0.4 is 5.73 Å². The number of likely N-dealkylation sites (tertiary alicyclic amines) is 2. The Balaban J connectivity index is 1.78. The highest BCUT2D eigenvalue weighted by molar-refractivity contribution is 4.85. The lowest BCUT2D eigenvalue weighted by Crippen LogP contribution is -2.47. The highest BCUT2D eigenvalue weighted by Crippen LogP contribution is 2.24. The normalized spacial score (nSPS) is 33.5. The van der Waals surface area contributed by atoms with Gasteiger partial charge in [0.05, 0.1) is 6.10 Å². The first-order chi connectivity index (χ1) is 9.10. The van der Waals surface area contributed by atoms with E-state index in [0.717, 1.165) is 31.8 Å². The first kappa shape index (κ1) is 15.2. The van der Waals surface area contributed by atoms with Gasteiger partial charge in [0.2, 0.25) is 0 Å². The van der Waals surface area contributed by atoms with Gasteiger partial charge < -0.3 is 20.6 Å². The molecule has 0 aromatic rings. The van der Waals surface area contributed by atoms with E-state index >= 15 is 0 Å². The van der Waals surface area contributed by atoms with Gasteiger partial charge in [-0.2, -0.15) is 0 Å². The van der Waals surface area contributed by atoms with Crippen LogP contribution in [0.3, 0.4) is 0 Å². The molecule has 4 nitrogen and oxygen atoms in total. The summed E-state index contributed by atoms with van der Waals surface area (Å²) in [5, 5.41) is 9.83. The van der Waals surface area contributed by atoms with Gasteiger partial charge in [-0.05, 0) is 71.6 Å². The zero-order chi connectivity index (χ0) is 13.8. The van der Waals surface area contributed by atoms with Gasteiger partial charge in [0.1, 0.15) is 0 Å². The van der Waals surface area contributed by atoms with Gasteiger partial charge >= 0.3 is 0 Å². The molecule has 2 saturated heterocycles. The van der Waals surface area contributed by atoms with Crippen molar-refractivity contribution in [3.05, 3.63) is 0 Å². The maximum atomic E-state index is 9.83. The molecule has 2 rings (SSSR count). The summed E-state index contributed by atoms with van der Waals surface area (Å²) < 4.78 is 0. The molecule has 3 atom stereocenters. The Morgan fingerprint density at radius 3 is 2.53 bits per heavy atom. The highest BCUT2D eigenvalue weighted by atomic mass is 16.3. The van der Waals surface area contributed by atoms with Gasteiger partial charge in [-0.1, -0.05) is 0 Å². The van der Waals surface area contributed by atoms with Crippen molar-refractivity contribution in [1.82, 2.24) is 9.80 Å². The van der Waals surface area contributed by atoms with E-state index in [1.165, 1.54) is 32.4 Å². The second kappa shape index (κ2) is 7.02. The minimum Gasteiger partial charge on any atom is -0.393 e. The molecule has 0 spiro atoms. The number of nitrogens with zero attached hydrogens (tertiary/aromatic N) is 2. The average molecular weight is 269 g/mol. The van der Waals surface area contributed by atoms with E-state index in [1.807, 2.05) is 0 Å². The second-order valence-electron chi connectivity index (χ2n) is 6.61. The summed E-state index contributed by atoms with van der Waals surface area (Å²) in [4.78, 5) is 5.04. The second-order valence-corrected chi connectivity index (χ2v) is 6.61. The van der Waals surface area contributed by atoms with Crippen molar-refractivity contribution in [3.63, 3.8) is 0 Å². The Morgan fingerprint density at radius 1 is 1.21 bits per heavy atom. The third kappa shape index (κ3) is 4.15. The molecule has 4 heteroatoms. The Kier molecular flexibility index (Phi) is 5.63. The van der Waals surface area contributed by atoms with Crippen LogP contribution in [0.1, 0.15) is 39.0 Å². The van der Waals surface area contributed by atoms with Crippen molar-refractivity contribution in [3.8, 4) is 0 Å². The Morgan fingerprint density at radius 2 is 1.89 bits per heavy atom. The van der Waals surface area contributed by atoms with Gasteiger partial charge in [0.15, 0.2) is 0 Å². The Labute approximate surface area is 117 Å². The molecular weight excluding hydrogens is 238 g/mol. The summed E-state index contributed by atoms with van der Waals surface area (Å²) in [5.74, 6) is 0.739. The van der Waals surface area contributed by atoms with E-state index in [0.29, 0.717) is 12.1 Å². The number of hydrogen-bond donors (Lipinski definition) is 2. The minimum atomic E-state index is -0.0867. The van der Waals surface area contributed by atoms with E-state index in [-0.39, 0.29) is 6.10 Å². The fourth-order valence-corrected chi connectivity index (χ4v) is 3.60. The van der Waals surface area contributed by atoms with Crippen molar-refractivity contribution in [1.29, 1.82) is 0 Å². The molecular formula is C15H31N3O. The number of piperidine rings is 2. The number of nitrogens with two attached hydrogens (primary N) is 1. The van der Waals surface area contributed by atoms with Gasteiger partial charge in [-0.25, -0.2) is 0 Å². The van der Waals surface area contributed by atoms with Crippen molar-refractivity contribution >= 4 is 0 Å². The zero-order valence-corrected chi connectivity index (χ0v) is 12.6. The summed E-state index contributed by atoms with van der Waals surface area (Å²) in [6, 6.07) is 1.17. The molecule has 112 valence electrons. The lowest BCUT2D eigenvalue weighted by atomic mass is 9.92. The molecule has 3 N–H and O–H groups in total. The molecule has 0 amide bonds. The molecule has 0 aromatic carbocycles. The van der Waals surface area contributed by atoms with Crippen molar-refractivity contribution in [2.45, 2.75) is 57.2 Å². The van der Waals surface area contributed by atoms with E-state index in [9.17, 15) is 5.11 Å². The maximum Gasteiger partial charge on any atom is 0.0567 e. The largest absolute Gasteiger partial charge is 0.393 e. The molecule has 2 aliphatic rings. The molecule has 3 unspecified atom stereocenters. The first-order valence-electron chi connectivity index (χ1n) is 7.92. The minimum absolute atomic E-state index is 0.0867. The van der Waals surface area contributed by atoms with Gasteiger partial charge in [0, 0.05) is 18.6 Å². The molecule has 0 aromatic heterocycles. The van der Waals surface area contributed by atoms with Crippen molar-refractivity contribution < 1.29 is 5.11 Å². The fourth-order valence-electron chi connectivity index (χ4n) is 3.60. The summed E-state index contributed by atoms with van der Waals surface area (Å²) >= 11 is 0. The third-order valence-electron chi connectivity index (χ3n) is 5.20. The predicted molar refractivity (Wildman–Crippen MR) is 79.1 cm³/mol. The van der Waals surface area contributed by atoms with Gasteiger partial charge in [-0.3, -0.25) is 0 Å². The monoisotopic (exact) mass is 269 g/mol. The third-order valence-corrected chi connectivity index (χ3v) is 5.20. The number of aliphatic hydroxyl groups is 1. The predicted octanol–water partition coefficient (Wildman–Crippen LogP) is 0.891. The number of hydrogen-bond acceptors (Lipinski definition) is 4. The molecule has 0 bridgehead atoms. The van der Waals surface area contributed by atoms with Crippen molar-refractivity contribution in [2.24, 2.45) is 11.7 Å². The van der Waals surface area contributed by atoms with Gasteiger partial charge in [0.25, 0.3) is 0 Å². The maximum absolute atomic E-state index is 9.83. The standard InChI is InChI=1S/C15H31N3O/c1-12(18-7-3-13(11-16)4-8-18)9-14-10-15(19)5-6-17(14)2/h12-15,19H,3-11,16H2,1-2H3. The Bertz CT molecular complexity index is 266. The molecule has 2 aliphatic heterocycles. The van der Waals surface area contributed by atoms with Crippen LogP contribution in [0.4, 0.5) is 0 Å². The van der Waals surface area contributed by atoms with Crippen LogP contribution in [0.5, 0.6) is 0 Å². The van der Waals surface area contributed by atoms with Crippen LogP contribution >= 0.6 is 0 Å². The zero-order valence-electron chi connectivity index (χ0n) is 12.6. The Hall–Kier alpha value is -0.160. The summed E-state index contributed by atoms with van der Waals surface area (Å²) in [5.41, 5.74) is 5.75. The average Bonchev–Trinajstić information content (AvgIpc) is 2.43. The van der Waals surface area contributed by atoms with Crippen LogP contribution in [0.25, 0.3) is 0 Å². The van der Waals surface area contributed by atoms with E-state index in [4.69, 9.17) is 5.73 Å². The van der Waals surface area contributed by atoms with E-state index < -0.39 is 0 Å².